The third-order valence-corrected chi connectivity index (χ3v) is 0.0680. The molecule has 22 valence electrons. The quantitative estimate of drug-likeness (QED) is 0.165. The number of rotatable bonds is 0. The fraction of sp³-hybridized carbons (Fsp3) is 0. The van der Waals surface area contributed by atoms with E-state index < -0.39 is 0 Å². The molecular formula is C3H3LiO. The second kappa shape index (κ2) is 9.16. The van der Waals surface area contributed by atoms with Gasteiger partial charge in [0.2, 0.25) is 0 Å². The van der Waals surface area contributed by atoms with Gasteiger partial charge in [0, 0.05) is 0 Å². The first kappa shape index (κ1) is 8.85. The number of hydrogen-bond acceptors (Lipinski definition) is 1. The minimum absolute atomic E-state index is 0. The zero-order valence-corrected chi connectivity index (χ0v) is 3.06. The monoisotopic (exact) mass is 62.0 g/mol. The first-order chi connectivity index (χ1) is 1.91. The molecule has 0 amide bonds. The summed E-state index contributed by atoms with van der Waals surface area (Å²) in [7, 11) is 0. The summed E-state index contributed by atoms with van der Waals surface area (Å²) >= 11 is 0. The molecule has 2 heteroatoms. The molecule has 0 aromatic carbocycles. The van der Waals surface area contributed by atoms with Gasteiger partial charge in [-0.2, -0.15) is 0 Å². The smallest absolute Gasteiger partial charge is 1.00 e. The van der Waals surface area contributed by atoms with Crippen molar-refractivity contribution in [3.8, 4) is 12.3 Å². The first-order valence-corrected chi connectivity index (χ1v) is 0.813. The topological polar surface area (TPSA) is 17.1 Å². The normalized spacial score (nSPS) is 3.00. The molecule has 0 spiro atoms. The Balaban J connectivity index is -0.0000000450. The van der Waals surface area contributed by atoms with Crippen LogP contribution < -0.4 is 18.9 Å². The number of carbonyl (C=O) groups is 1. The third kappa shape index (κ3) is 18.7. The Labute approximate surface area is 44.4 Å². The van der Waals surface area contributed by atoms with Crippen molar-refractivity contribution < 1.29 is 25.1 Å². The van der Waals surface area contributed by atoms with E-state index in [0.717, 1.165) is 0 Å². The number of aldehydes is 1. The van der Waals surface area contributed by atoms with Gasteiger partial charge >= 0.3 is 18.9 Å². The Morgan fingerprint density at radius 2 is 2.20 bits per heavy atom. The standard InChI is InChI=1S/C3H2O.Li.H/c1-2-3-4;;/h1,3H;;/q;+1;-1. The van der Waals surface area contributed by atoms with Gasteiger partial charge in [-0.3, -0.25) is 4.79 Å². The molecule has 0 aromatic heterocycles. The number of terminal acetylenes is 1. The summed E-state index contributed by atoms with van der Waals surface area (Å²) in [6, 6.07) is 0. The van der Waals surface area contributed by atoms with E-state index >= 15 is 0 Å². The van der Waals surface area contributed by atoms with Gasteiger partial charge in [-0.25, -0.2) is 0 Å². The SMILES string of the molecule is C#CC=O.[H-].[Li+]. The maximum Gasteiger partial charge on any atom is 1.00 e. The van der Waals surface area contributed by atoms with E-state index in [1.807, 2.05) is 0 Å². The molecule has 0 unspecified atom stereocenters. The predicted octanol–water partition coefficient (Wildman–Crippen LogP) is -3.06. The molecule has 0 atom stereocenters. The average Bonchev–Trinajstić information content (AvgIpc) is 1.37. The summed E-state index contributed by atoms with van der Waals surface area (Å²) in [5.41, 5.74) is 0. The van der Waals surface area contributed by atoms with Gasteiger partial charge < -0.3 is 1.43 Å². The van der Waals surface area contributed by atoms with Crippen molar-refractivity contribution >= 4 is 6.29 Å². The Bertz CT molecular complexity index is 56.3. The minimum atomic E-state index is 0. The van der Waals surface area contributed by atoms with E-state index in [1.165, 1.54) is 0 Å². The minimum Gasteiger partial charge on any atom is -1.00 e. The molecular weight excluding hydrogens is 59.0 g/mol. The molecule has 0 bridgehead atoms. The zero-order chi connectivity index (χ0) is 3.41. The van der Waals surface area contributed by atoms with Gasteiger partial charge in [-0.15, -0.1) is 6.42 Å². The van der Waals surface area contributed by atoms with Crippen molar-refractivity contribution in [1.29, 1.82) is 0 Å². The fourth-order valence-corrected chi connectivity index (χ4v) is 0. The van der Waals surface area contributed by atoms with Crippen molar-refractivity contribution in [2.45, 2.75) is 0 Å². The largest absolute Gasteiger partial charge is 1.00 e. The van der Waals surface area contributed by atoms with Crippen molar-refractivity contribution in [1.82, 2.24) is 0 Å². The van der Waals surface area contributed by atoms with Crippen LogP contribution in [0.4, 0.5) is 0 Å². The third-order valence-electron chi connectivity index (χ3n) is 0.0680. The van der Waals surface area contributed by atoms with Crippen LogP contribution in [0.5, 0.6) is 0 Å². The second-order valence-electron chi connectivity index (χ2n) is 0.285. The van der Waals surface area contributed by atoms with Crippen LogP contribution in [0.25, 0.3) is 0 Å². The molecule has 0 rings (SSSR count). The molecule has 0 radical (unpaired) electrons. The molecule has 1 nitrogen and oxygen atoms in total. The van der Waals surface area contributed by atoms with Crippen LogP contribution in [0.15, 0.2) is 0 Å². The maximum absolute atomic E-state index is 8.94. The van der Waals surface area contributed by atoms with E-state index in [1.54, 1.807) is 5.92 Å². The molecule has 0 aliphatic heterocycles. The van der Waals surface area contributed by atoms with E-state index in [0.29, 0.717) is 6.29 Å². The maximum atomic E-state index is 8.94. The molecule has 0 fully saturated rings. The molecule has 5 heavy (non-hydrogen) atoms. The van der Waals surface area contributed by atoms with E-state index in [-0.39, 0.29) is 20.3 Å². The Hall–Kier alpha value is -0.173. The van der Waals surface area contributed by atoms with Crippen molar-refractivity contribution in [2.75, 3.05) is 0 Å². The molecule has 0 saturated heterocycles. The summed E-state index contributed by atoms with van der Waals surface area (Å²) in [5.74, 6) is 1.75. The van der Waals surface area contributed by atoms with Gasteiger partial charge in [0.05, 0.1) is 0 Å². The average molecular weight is 62.0 g/mol. The zero-order valence-electron chi connectivity index (χ0n) is 4.06. The van der Waals surface area contributed by atoms with Crippen LogP contribution in [-0.4, -0.2) is 6.29 Å². The first-order valence-electron chi connectivity index (χ1n) is 0.813. The number of carbonyl (C=O) groups excluding carboxylic acids is 1. The molecule has 0 heterocycles. The molecule has 0 N–H and O–H groups in total. The number of hydrogen-bond donors (Lipinski definition) is 0. The summed E-state index contributed by atoms with van der Waals surface area (Å²) < 4.78 is 0. The summed E-state index contributed by atoms with van der Waals surface area (Å²) in [5, 5.41) is 0. The Morgan fingerprint density at radius 3 is 2.20 bits per heavy atom. The molecule has 0 saturated carbocycles. The van der Waals surface area contributed by atoms with Gasteiger partial charge in [0.15, 0.2) is 6.29 Å². The Kier molecular flexibility index (Phi) is 16.2. The van der Waals surface area contributed by atoms with Crippen LogP contribution >= 0.6 is 0 Å². The second-order valence-corrected chi connectivity index (χ2v) is 0.285. The van der Waals surface area contributed by atoms with Gasteiger partial charge in [-0.1, -0.05) is 0 Å². The van der Waals surface area contributed by atoms with Crippen LogP contribution in [-0.2, 0) is 4.79 Å². The summed E-state index contributed by atoms with van der Waals surface area (Å²) in [4.78, 5) is 8.94. The Morgan fingerprint density at radius 1 is 2.00 bits per heavy atom. The summed E-state index contributed by atoms with van der Waals surface area (Å²) in [6.45, 7) is 0. The van der Waals surface area contributed by atoms with E-state index in [4.69, 9.17) is 4.79 Å². The predicted molar refractivity (Wildman–Crippen MR) is 16.0 cm³/mol. The van der Waals surface area contributed by atoms with E-state index in [2.05, 4.69) is 6.42 Å². The molecule has 0 aliphatic carbocycles. The van der Waals surface area contributed by atoms with Crippen LogP contribution in [0, 0.1) is 12.3 Å². The summed E-state index contributed by atoms with van der Waals surface area (Å²) in [6.07, 6.45) is 4.81. The van der Waals surface area contributed by atoms with Crippen molar-refractivity contribution in [2.24, 2.45) is 0 Å². The van der Waals surface area contributed by atoms with Crippen molar-refractivity contribution in [3.05, 3.63) is 0 Å². The van der Waals surface area contributed by atoms with Crippen LogP contribution in [0.1, 0.15) is 1.43 Å². The van der Waals surface area contributed by atoms with Gasteiger partial charge in [-0.05, 0) is 5.92 Å². The van der Waals surface area contributed by atoms with Crippen LogP contribution in [0.3, 0.4) is 0 Å². The van der Waals surface area contributed by atoms with Crippen molar-refractivity contribution in [3.63, 3.8) is 0 Å². The van der Waals surface area contributed by atoms with Gasteiger partial charge in [0.1, 0.15) is 0 Å². The van der Waals surface area contributed by atoms with E-state index in [9.17, 15) is 0 Å². The van der Waals surface area contributed by atoms with Gasteiger partial charge in [0.25, 0.3) is 0 Å². The molecule has 0 aliphatic rings. The molecule has 0 aromatic rings. The van der Waals surface area contributed by atoms with Crippen LogP contribution in [0.2, 0.25) is 0 Å². The fourth-order valence-electron chi connectivity index (χ4n) is 0.